The highest BCUT2D eigenvalue weighted by molar-refractivity contribution is 7.09. The summed E-state index contributed by atoms with van der Waals surface area (Å²) in [6.45, 7) is 4.47. The van der Waals surface area contributed by atoms with Crippen molar-refractivity contribution in [3.63, 3.8) is 0 Å². The smallest absolute Gasteiger partial charge is 0.347 e. The first kappa shape index (κ1) is 22.6. The minimum absolute atomic E-state index is 0.374. The fourth-order valence-corrected chi connectivity index (χ4v) is 5.30. The molecule has 0 saturated heterocycles. The van der Waals surface area contributed by atoms with E-state index in [2.05, 4.69) is 35.4 Å². The number of fused-ring (bicyclic) bond motifs is 1. The van der Waals surface area contributed by atoms with Crippen LogP contribution in [0.3, 0.4) is 0 Å². The third-order valence-electron chi connectivity index (χ3n) is 6.20. The van der Waals surface area contributed by atoms with E-state index in [9.17, 15) is 4.79 Å². The van der Waals surface area contributed by atoms with Gasteiger partial charge in [-0.2, -0.15) is 0 Å². The van der Waals surface area contributed by atoms with Gasteiger partial charge in [-0.15, -0.1) is 11.3 Å². The molecule has 1 atom stereocenters. The topological polar surface area (TPSA) is 38.8 Å². The summed E-state index contributed by atoms with van der Waals surface area (Å²) in [5, 5.41) is 2.16. The predicted octanol–water partition coefficient (Wildman–Crippen LogP) is 5.79. The largest absolute Gasteiger partial charge is 0.496 e. The lowest BCUT2D eigenvalue weighted by molar-refractivity contribution is 0.0728. The van der Waals surface area contributed by atoms with Gasteiger partial charge in [0, 0.05) is 17.5 Å². The van der Waals surface area contributed by atoms with Gasteiger partial charge >= 0.3 is 5.97 Å². The van der Waals surface area contributed by atoms with Gasteiger partial charge in [-0.1, -0.05) is 37.3 Å². The fraction of sp³-hybridized carbons (Fsp3) is 0.370. The van der Waals surface area contributed by atoms with E-state index >= 15 is 0 Å². The molecule has 168 valence electrons. The lowest BCUT2D eigenvalue weighted by Crippen LogP contribution is -2.41. The first-order valence-corrected chi connectivity index (χ1v) is 12.3. The van der Waals surface area contributed by atoms with Crippen molar-refractivity contribution in [2.75, 3.05) is 20.2 Å². The molecule has 32 heavy (non-hydrogen) atoms. The molecule has 1 aliphatic rings. The number of thiophene rings is 1. The minimum atomic E-state index is -0.374. The number of methoxy groups -OCH3 is 1. The predicted molar refractivity (Wildman–Crippen MR) is 130 cm³/mol. The molecule has 0 radical (unpaired) electrons. The Bertz CT molecular complexity index is 1030. The molecular weight excluding hydrogens is 418 g/mol. The molecule has 1 aliphatic carbocycles. The van der Waals surface area contributed by atoms with Gasteiger partial charge in [-0.05, 0) is 79.4 Å². The van der Waals surface area contributed by atoms with Crippen molar-refractivity contribution in [1.29, 1.82) is 0 Å². The highest BCUT2D eigenvalue weighted by atomic mass is 32.1. The van der Waals surface area contributed by atoms with Gasteiger partial charge < -0.3 is 9.47 Å². The Balaban J connectivity index is 1.47. The average molecular weight is 450 g/mol. The van der Waals surface area contributed by atoms with E-state index < -0.39 is 0 Å². The minimum Gasteiger partial charge on any atom is -0.496 e. The lowest BCUT2D eigenvalue weighted by atomic mass is 9.86. The van der Waals surface area contributed by atoms with Gasteiger partial charge in [0.05, 0.1) is 7.11 Å². The Kier molecular flexibility index (Phi) is 7.61. The number of nitrogens with zero attached hydrogens (tertiary/aromatic N) is 1. The number of para-hydroxylation sites is 1. The van der Waals surface area contributed by atoms with Crippen molar-refractivity contribution >= 4 is 17.3 Å². The van der Waals surface area contributed by atoms with Crippen LogP contribution in [-0.4, -0.2) is 37.1 Å². The summed E-state index contributed by atoms with van der Waals surface area (Å²) < 4.78 is 11.2. The normalized spacial score (nSPS) is 15.4. The van der Waals surface area contributed by atoms with E-state index in [-0.39, 0.29) is 5.97 Å². The van der Waals surface area contributed by atoms with E-state index in [4.69, 9.17) is 9.47 Å². The van der Waals surface area contributed by atoms with Crippen LogP contribution in [0.15, 0.2) is 60.0 Å². The summed E-state index contributed by atoms with van der Waals surface area (Å²) in [4.78, 5) is 16.9. The van der Waals surface area contributed by atoms with Crippen molar-refractivity contribution < 1.29 is 14.3 Å². The molecule has 0 aliphatic heterocycles. The Morgan fingerprint density at radius 3 is 2.69 bits per heavy atom. The van der Waals surface area contributed by atoms with Crippen molar-refractivity contribution in [2.24, 2.45) is 0 Å². The molecule has 0 N–H and O–H groups in total. The summed E-state index contributed by atoms with van der Waals surface area (Å²) in [5.41, 5.74) is 2.91. The molecule has 0 amide bonds. The maximum Gasteiger partial charge on any atom is 0.347 e. The van der Waals surface area contributed by atoms with Crippen LogP contribution in [-0.2, 0) is 19.3 Å². The van der Waals surface area contributed by atoms with E-state index in [1.807, 2.05) is 35.6 Å². The average Bonchev–Trinajstić information content (AvgIpc) is 3.35. The second-order valence-corrected chi connectivity index (χ2v) is 9.28. The SMILES string of the molecule is CCCN(CCc1cccs1)C1CCc2c(cccc2OC(=O)c2ccccc2OC)C1. The first-order valence-electron chi connectivity index (χ1n) is 11.4. The Morgan fingerprint density at radius 1 is 1.06 bits per heavy atom. The lowest BCUT2D eigenvalue weighted by Gasteiger charge is -2.35. The fourth-order valence-electron chi connectivity index (χ4n) is 4.60. The van der Waals surface area contributed by atoms with E-state index in [0.717, 1.165) is 45.2 Å². The maximum atomic E-state index is 12.8. The standard InChI is InChI=1S/C27H31NO3S/c1-3-16-28(17-15-22-9-7-18-32-22)21-13-14-23-20(19-21)8-6-12-26(23)31-27(29)24-10-4-5-11-25(24)30-2/h4-12,18,21H,3,13-17,19H2,1-2H3. The number of hydrogen-bond acceptors (Lipinski definition) is 5. The van der Waals surface area contributed by atoms with Crippen molar-refractivity contribution in [1.82, 2.24) is 4.90 Å². The molecule has 1 aromatic heterocycles. The molecule has 0 saturated carbocycles. The monoisotopic (exact) mass is 449 g/mol. The van der Waals surface area contributed by atoms with Gasteiger partial charge in [-0.3, -0.25) is 4.90 Å². The Labute approximate surface area is 194 Å². The first-order chi connectivity index (χ1) is 15.7. The van der Waals surface area contributed by atoms with Gasteiger partial charge in [-0.25, -0.2) is 4.79 Å². The van der Waals surface area contributed by atoms with Crippen LogP contribution in [0.2, 0.25) is 0 Å². The highest BCUT2D eigenvalue weighted by Crippen LogP contribution is 2.33. The molecule has 2 aromatic carbocycles. The van der Waals surface area contributed by atoms with Crippen molar-refractivity contribution in [3.05, 3.63) is 81.5 Å². The Morgan fingerprint density at radius 2 is 1.91 bits per heavy atom. The third-order valence-corrected chi connectivity index (χ3v) is 7.13. The number of esters is 1. The van der Waals surface area contributed by atoms with Crippen molar-refractivity contribution in [2.45, 2.75) is 45.1 Å². The molecule has 5 heteroatoms. The molecule has 0 spiro atoms. The number of benzene rings is 2. The van der Waals surface area contributed by atoms with Crippen LogP contribution < -0.4 is 9.47 Å². The molecule has 3 aromatic rings. The van der Waals surface area contributed by atoms with E-state index in [1.54, 1.807) is 19.2 Å². The number of hydrogen-bond donors (Lipinski definition) is 0. The number of carbonyl (C=O) groups excluding carboxylic acids is 1. The van der Waals surface area contributed by atoms with Gasteiger partial charge in [0.15, 0.2) is 0 Å². The zero-order chi connectivity index (χ0) is 22.3. The summed E-state index contributed by atoms with van der Waals surface area (Å²) in [7, 11) is 1.57. The molecule has 4 nitrogen and oxygen atoms in total. The second kappa shape index (κ2) is 10.8. The molecule has 0 bridgehead atoms. The summed E-state index contributed by atoms with van der Waals surface area (Å²) >= 11 is 1.84. The van der Waals surface area contributed by atoms with Gasteiger partial charge in [0.2, 0.25) is 0 Å². The molecule has 0 fully saturated rings. The maximum absolute atomic E-state index is 12.8. The number of rotatable bonds is 9. The number of carbonyl (C=O) groups is 1. The van der Waals surface area contributed by atoms with Crippen LogP contribution >= 0.6 is 11.3 Å². The highest BCUT2D eigenvalue weighted by Gasteiger charge is 2.26. The Hall–Kier alpha value is -2.63. The quantitative estimate of drug-likeness (QED) is 0.306. The molecule has 1 heterocycles. The van der Waals surface area contributed by atoms with Gasteiger partial charge in [0.1, 0.15) is 17.1 Å². The summed E-state index contributed by atoms with van der Waals surface area (Å²) in [6.07, 6.45) is 5.27. The van der Waals surface area contributed by atoms with Gasteiger partial charge in [0.25, 0.3) is 0 Å². The van der Waals surface area contributed by atoms with Crippen LogP contribution in [0.5, 0.6) is 11.5 Å². The van der Waals surface area contributed by atoms with Crippen LogP contribution in [0, 0.1) is 0 Å². The van der Waals surface area contributed by atoms with Crippen LogP contribution in [0.25, 0.3) is 0 Å². The van der Waals surface area contributed by atoms with Crippen LogP contribution in [0.4, 0.5) is 0 Å². The van der Waals surface area contributed by atoms with E-state index in [0.29, 0.717) is 23.1 Å². The zero-order valence-corrected chi connectivity index (χ0v) is 19.7. The second-order valence-electron chi connectivity index (χ2n) is 8.25. The number of ether oxygens (including phenoxy) is 2. The van der Waals surface area contributed by atoms with Crippen LogP contribution in [0.1, 0.15) is 46.1 Å². The zero-order valence-electron chi connectivity index (χ0n) is 18.9. The molecule has 4 rings (SSSR count). The van der Waals surface area contributed by atoms with Crippen molar-refractivity contribution in [3.8, 4) is 11.5 Å². The molecule has 1 unspecified atom stereocenters. The summed E-state index contributed by atoms with van der Waals surface area (Å²) in [5.74, 6) is 0.835. The summed E-state index contributed by atoms with van der Waals surface area (Å²) in [6, 6.07) is 18.2. The molecular formula is C27H31NO3S. The van der Waals surface area contributed by atoms with E-state index in [1.165, 1.54) is 16.0 Å². The third kappa shape index (κ3) is 5.22.